The van der Waals surface area contributed by atoms with Crippen LogP contribution in [0.25, 0.3) is 11.5 Å². The summed E-state index contributed by atoms with van der Waals surface area (Å²) in [5.41, 5.74) is 1.50. The van der Waals surface area contributed by atoms with Gasteiger partial charge in [0.05, 0.1) is 11.1 Å². The molecule has 1 aromatic heterocycles. The van der Waals surface area contributed by atoms with E-state index < -0.39 is 0 Å². The Morgan fingerprint density at radius 1 is 0.893 bits per heavy atom. The molecule has 0 spiro atoms. The van der Waals surface area contributed by atoms with Crippen LogP contribution in [0.15, 0.2) is 52.9 Å². The van der Waals surface area contributed by atoms with Crippen LogP contribution in [0.1, 0.15) is 45.9 Å². The normalized spacial score (nSPS) is 13.2. The Balaban J connectivity index is 1.25. The van der Waals surface area contributed by atoms with Crippen molar-refractivity contribution in [3.8, 4) is 11.5 Å². The average molecular weight is 379 g/mol. The molecule has 28 heavy (non-hydrogen) atoms. The minimum absolute atomic E-state index is 0.225. The molecule has 7 heteroatoms. The Labute approximate surface area is 161 Å². The number of nitrogens with zero attached hydrogens (tertiary/aromatic N) is 3. The number of hydrogen-bond acceptors (Lipinski definition) is 5. The summed E-state index contributed by atoms with van der Waals surface area (Å²) in [7, 11) is 0. The van der Waals surface area contributed by atoms with Crippen LogP contribution in [0.4, 0.5) is 4.39 Å². The molecule has 2 amide bonds. The highest BCUT2D eigenvalue weighted by molar-refractivity contribution is 6.21. The molecule has 0 saturated heterocycles. The Bertz CT molecular complexity index is 996. The molecule has 1 aliphatic heterocycles. The summed E-state index contributed by atoms with van der Waals surface area (Å²) in [6.07, 6.45) is 2.89. The highest BCUT2D eigenvalue weighted by Crippen LogP contribution is 2.23. The van der Waals surface area contributed by atoms with Gasteiger partial charge in [0.2, 0.25) is 11.8 Å². The number of imide groups is 1. The van der Waals surface area contributed by atoms with Gasteiger partial charge in [-0.1, -0.05) is 24.6 Å². The van der Waals surface area contributed by atoms with Crippen molar-refractivity contribution in [3.05, 3.63) is 71.4 Å². The maximum atomic E-state index is 13.3. The van der Waals surface area contributed by atoms with Crippen LogP contribution < -0.4 is 0 Å². The summed E-state index contributed by atoms with van der Waals surface area (Å²) in [6.45, 7) is 0.394. The topological polar surface area (TPSA) is 76.3 Å². The fraction of sp³-hybridized carbons (Fsp3) is 0.238. The third kappa shape index (κ3) is 3.55. The second-order valence-electron chi connectivity index (χ2n) is 6.63. The van der Waals surface area contributed by atoms with Crippen LogP contribution in [0.5, 0.6) is 0 Å². The van der Waals surface area contributed by atoms with Gasteiger partial charge in [0.25, 0.3) is 11.8 Å². The van der Waals surface area contributed by atoms with E-state index in [1.165, 1.54) is 17.0 Å². The van der Waals surface area contributed by atoms with Crippen molar-refractivity contribution in [2.24, 2.45) is 0 Å². The van der Waals surface area contributed by atoms with Gasteiger partial charge in [-0.25, -0.2) is 4.39 Å². The molecule has 0 radical (unpaired) electrons. The number of aryl methyl sites for hydroxylation is 1. The maximum absolute atomic E-state index is 13.3. The molecule has 0 N–H and O–H groups in total. The molecule has 0 fully saturated rings. The van der Waals surface area contributed by atoms with E-state index in [2.05, 4.69) is 10.2 Å². The fourth-order valence-electron chi connectivity index (χ4n) is 3.26. The van der Waals surface area contributed by atoms with Crippen LogP contribution >= 0.6 is 0 Å². The fourth-order valence-corrected chi connectivity index (χ4v) is 3.26. The Hall–Kier alpha value is -3.35. The molecule has 0 saturated carbocycles. The van der Waals surface area contributed by atoms with Crippen LogP contribution in [-0.2, 0) is 6.42 Å². The first-order chi connectivity index (χ1) is 13.6. The minimum Gasteiger partial charge on any atom is -0.421 e. The van der Waals surface area contributed by atoms with Crippen molar-refractivity contribution in [1.29, 1.82) is 0 Å². The summed E-state index contributed by atoms with van der Waals surface area (Å²) in [5.74, 6) is -0.0274. The smallest absolute Gasteiger partial charge is 0.261 e. The van der Waals surface area contributed by atoms with Gasteiger partial charge < -0.3 is 4.42 Å². The first kappa shape index (κ1) is 18.0. The predicted octanol–water partition coefficient (Wildman–Crippen LogP) is 3.88. The summed E-state index contributed by atoms with van der Waals surface area (Å²) in [5, 5.41) is 7.94. The molecule has 4 rings (SSSR count). The van der Waals surface area contributed by atoms with E-state index >= 15 is 0 Å². The van der Waals surface area contributed by atoms with Gasteiger partial charge in [0.1, 0.15) is 5.82 Å². The van der Waals surface area contributed by atoms with Crippen LogP contribution in [0, 0.1) is 5.82 Å². The van der Waals surface area contributed by atoms with E-state index in [4.69, 9.17) is 4.42 Å². The highest BCUT2D eigenvalue weighted by atomic mass is 19.1. The molecule has 0 bridgehead atoms. The van der Waals surface area contributed by atoms with E-state index in [0.717, 1.165) is 12.8 Å². The van der Waals surface area contributed by atoms with Crippen molar-refractivity contribution in [2.45, 2.75) is 25.7 Å². The number of halogens is 1. The van der Waals surface area contributed by atoms with Crippen LogP contribution in [0.3, 0.4) is 0 Å². The zero-order chi connectivity index (χ0) is 19.5. The Morgan fingerprint density at radius 2 is 1.64 bits per heavy atom. The zero-order valence-corrected chi connectivity index (χ0v) is 15.1. The lowest BCUT2D eigenvalue weighted by molar-refractivity contribution is 0.0651. The number of unbranched alkanes of at least 4 members (excludes halogenated alkanes) is 2. The van der Waals surface area contributed by atoms with Crippen LogP contribution in [-0.4, -0.2) is 33.5 Å². The molecule has 142 valence electrons. The summed E-state index contributed by atoms with van der Waals surface area (Å²) in [6, 6.07) is 12.9. The lowest BCUT2D eigenvalue weighted by Crippen LogP contribution is -2.30. The molecular formula is C21H18FN3O3. The number of aromatic nitrogens is 2. The summed E-state index contributed by atoms with van der Waals surface area (Å²) >= 11 is 0. The lowest BCUT2D eigenvalue weighted by atomic mass is 10.1. The highest BCUT2D eigenvalue weighted by Gasteiger charge is 2.34. The largest absolute Gasteiger partial charge is 0.421 e. The summed E-state index contributed by atoms with van der Waals surface area (Å²) < 4.78 is 18.8. The van der Waals surface area contributed by atoms with Crippen LogP contribution in [0.2, 0.25) is 0 Å². The molecule has 0 atom stereocenters. The molecule has 2 heterocycles. The number of amides is 2. The first-order valence-electron chi connectivity index (χ1n) is 9.17. The second kappa shape index (κ2) is 7.72. The van der Waals surface area contributed by atoms with Crippen molar-refractivity contribution >= 4 is 11.8 Å². The molecule has 0 aliphatic carbocycles. The van der Waals surface area contributed by atoms with E-state index in [9.17, 15) is 14.0 Å². The van der Waals surface area contributed by atoms with Gasteiger partial charge >= 0.3 is 0 Å². The Kier molecular flexibility index (Phi) is 4.97. The summed E-state index contributed by atoms with van der Waals surface area (Å²) in [4.78, 5) is 25.9. The monoisotopic (exact) mass is 379 g/mol. The van der Waals surface area contributed by atoms with E-state index in [-0.39, 0.29) is 17.6 Å². The minimum atomic E-state index is -0.356. The SMILES string of the molecule is O=C1c2ccccc2C(=O)N1CCCCCc1nnc(-c2cccc(F)c2)o1. The molecule has 1 aliphatic rings. The van der Waals surface area contributed by atoms with Gasteiger partial charge in [0, 0.05) is 18.5 Å². The number of rotatable bonds is 7. The molecule has 3 aromatic rings. The van der Waals surface area contributed by atoms with Gasteiger partial charge in [0.15, 0.2) is 0 Å². The van der Waals surface area contributed by atoms with E-state index in [1.807, 2.05) is 0 Å². The standard InChI is InChI=1S/C21H18FN3O3/c22-15-8-6-7-14(13-15)19-24-23-18(28-19)11-2-1-5-12-25-20(26)16-9-3-4-10-17(16)21(25)27/h3-4,6-10,13H,1-2,5,11-12H2. The third-order valence-corrected chi connectivity index (χ3v) is 4.69. The van der Waals surface area contributed by atoms with Gasteiger partial charge in [-0.05, 0) is 43.2 Å². The molecule has 6 nitrogen and oxygen atoms in total. The average Bonchev–Trinajstić information content (AvgIpc) is 3.27. The predicted molar refractivity (Wildman–Crippen MR) is 99.1 cm³/mol. The van der Waals surface area contributed by atoms with Crippen molar-refractivity contribution in [2.75, 3.05) is 6.54 Å². The van der Waals surface area contributed by atoms with E-state index in [1.54, 1.807) is 36.4 Å². The van der Waals surface area contributed by atoms with Gasteiger partial charge in [-0.3, -0.25) is 14.5 Å². The molecular weight excluding hydrogens is 361 g/mol. The lowest BCUT2D eigenvalue weighted by Gasteiger charge is -2.13. The number of benzene rings is 2. The number of carbonyl (C=O) groups excluding carboxylic acids is 2. The number of carbonyl (C=O) groups is 2. The van der Waals surface area contributed by atoms with Crippen molar-refractivity contribution < 1.29 is 18.4 Å². The van der Waals surface area contributed by atoms with Gasteiger partial charge in [-0.2, -0.15) is 0 Å². The number of fused-ring (bicyclic) bond motifs is 1. The number of hydrogen-bond donors (Lipinski definition) is 0. The quantitative estimate of drug-likeness (QED) is 0.460. The molecule has 0 unspecified atom stereocenters. The third-order valence-electron chi connectivity index (χ3n) is 4.69. The maximum Gasteiger partial charge on any atom is 0.261 e. The van der Waals surface area contributed by atoms with Gasteiger partial charge in [-0.15, -0.1) is 10.2 Å². The molecule has 2 aromatic carbocycles. The second-order valence-corrected chi connectivity index (χ2v) is 6.63. The van der Waals surface area contributed by atoms with Crippen molar-refractivity contribution in [1.82, 2.24) is 15.1 Å². The Morgan fingerprint density at radius 3 is 2.36 bits per heavy atom. The zero-order valence-electron chi connectivity index (χ0n) is 15.1. The van der Waals surface area contributed by atoms with Crippen molar-refractivity contribution in [3.63, 3.8) is 0 Å². The first-order valence-corrected chi connectivity index (χ1v) is 9.17. The van der Waals surface area contributed by atoms with E-state index in [0.29, 0.717) is 47.9 Å².